The van der Waals surface area contributed by atoms with Crippen LogP contribution in [0.15, 0.2) is 11.6 Å². The predicted octanol–water partition coefficient (Wildman–Crippen LogP) is 7.49. The molecule has 0 bridgehead atoms. The van der Waals surface area contributed by atoms with Crippen molar-refractivity contribution < 1.29 is 9.53 Å². The minimum atomic E-state index is -0.615. The van der Waals surface area contributed by atoms with E-state index < -0.39 is 6.09 Å². The van der Waals surface area contributed by atoms with E-state index in [2.05, 4.69) is 40.7 Å². The van der Waals surface area contributed by atoms with Gasteiger partial charge in [-0.1, -0.05) is 65.5 Å². The number of primary amides is 1. The Labute approximate surface area is 190 Å². The number of fused-ring (bicyclic) bond motifs is 5. The summed E-state index contributed by atoms with van der Waals surface area (Å²) in [6, 6.07) is 0. The first-order valence-electron chi connectivity index (χ1n) is 13.3. The highest BCUT2D eigenvalue weighted by atomic mass is 16.6. The van der Waals surface area contributed by atoms with Crippen LogP contribution in [0.3, 0.4) is 0 Å². The molecule has 0 saturated heterocycles. The van der Waals surface area contributed by atoms with Gasteiger partial charge >= 0.3 is 6.09 Å². The van der Waals surface area contributed by atoms with Crippen LogP contribution in [0.25, 0.3) is 0 Å². The number of rotatable bonds is 6. The zero-order valence-corrected chi connectivity index (χ0v) is 20.8. The summed E-state index contributed by atoms with van der Waals surface area (Å²) in [7, 11) is 0. The topological polar surface area (TPSA) is 52.3 Å². The number of allylic oxidation sites excluding steroid dienone is 1. The first kappa shape index (κ1) is 23.2. The Hall–Kier alpha value is -0.990. The van der Waals surface area contributed by atoms with Crippen molar-refractivity contribution in [2.45, 2.75) is 111 Å². The van der Waals surface area contributed by atoms with Crippen molar-refractivity contribution in [3.05, 3.63) is 11.6 Å². The summed E-state index contributed by atoms with van der Waals surface area (Å²) >= 11 is 0. The van der Waals surface area contributed by atoms with E-state index in [1.54, 1.807) is 5.57 Å². The van der Waals surface area contributed by atoms with Crippen LogP contribution in [0.5, 0.6) is 0 Å². The van der Waals surface area contributed by atoms with Crippen molar-refractivity contribution in [1.29, 1.82) is 0 Å². The summed E-state index contributed by atoms with van der Waals surface area (Å²) in [5.41, 5.74) is 7.72. The summed E-state index contributed by atoms with van der Waals surface area (Å²) in [5, 5.41) is 0. The van der Waals surface area contributed by atoms with Crippen molar-refractivity contribution >= 4 is 6.09 Å². The molecule has 0 aromatic carbocycles. The van der Waals surface area contributed by atoms with E-state index in [0.717, 1.165) is 54.8 Å². The largest absolute Gasteiger partial charge is 0.446 e. The average molecular weight is 430 g/mol. The van der Waals surface area contributed by atoms with E-state index in [1.807, 2.05) is 0 Å². The molecular weight excluding hydrogens is 382 g/mol. The number of ether oxygens (including phenoxy) is 1. The van der Waals surface area contributed by atoms with E-state index in [0.29, 0.717) is 10.8 Å². The van der Waals surface area contributed by atoms with Crippen LogP contribution in [0.2, 0.25) is 0 Å². The van der Waals surface area contributed by atoms with Gasteiger partial charge in [0.05, 0.1) is 0 Å². The van der Waals surface area contributed by atoms with E-state index in [-0.39, 0.29) is 6.10 Å². The fraction of sp³-hybridized carbons (Fsp3) is 0.893. The van der Waals surface area contributed by atoms with Crippen molar-refractivity contribution in [3.8, 4) is 0 Å². The molecule has 0 spiro atoms. The molecule has 4 aliphatic carbocycles. The van der Waals surface area contributed by atoms with Gasteiger partial charge in [0.15, 0.2) is 0 Å². The molecule has 8 atom stereocenters. The molecule has 4 aliphatic rings. The Morgan fingerprint density at radius 3 is 2.58 bits per heavy atom. The summed E-state index contributed by atoms with van der Waals surface area (Å²) < 4.78 is 5.39. The molecule has 3 heteroatoms. The highest BCUT2D eigenvalue weighted by molar-refractivity contribution is 5.64. The third kappa shape index (κ3) is 4.20. The first-order valence-corrected chi connectivity index (χ1v) is 13.3. The summed E-state index contributed by atoms with van der Waals surface area (Å²) in [6.45, 7) is 12.5. The third-order valence-corrected chi connectivity index (χ3v) is 10.5. The van der Waals surface area contributed by atoms with E-state index in [1.165, 1.54) is 51.4 Å². The number of nitrogens with two attached hydrogens (primary N) is 1. The van der Waals surface area contributed by atoms with Gasteiger partial charge in [-0.15, -0.1) is 0 Å². The molecule has 3 unspecified atom stereocenters. The molecular formula is C28H47NO2. The minimum Gasteiger partial charge on any atom is -0.446 e. The van der Waals surface area contributed by atoms with Gasteiger partial charge in [0.25, 0.3) is 0 Å². The molecule has 176 valence electrons. The Bertz CT molecular complexity index is 699. The number of carbonyl (C=O) groups is 1. The SMILES string of the molecule is CC(C)CCC[C@@H](C)[C@H]1CCC2[C@@H]3CC=C4CC(OC(N)=O)CC[C@]4(C)C3CC[C@@]21C. The van der Waals surface area contributed by atoms with Gasteiger partial charge in [0.1, 0.15) is 6.10 Å². The number of amides is 1. The molecule has 0 aliphatic heterocycles. The summed E-state index contributed by atoms with van der Waals surface area (Å²) in [6.07, 6.45) is 16.1. The lowest BCUT2D eigenvalue weighted by Crippen LogP contribution is -2.51. The fourth-order valence-electron chi connectivity index (χ4n) is 8.92. The molecule has 3 saturated carbocycles. The van der Waals surface area contributed by atoms with Crippen LogP contribution in [0.4, 0.5) is 4.79 Å². The first-order chi connectivity index (χ1) is 14.6. The van der Waals surface area contributed by atoms with Gasteiger partial charge in [0.2, 0.25) is 0 Å². The Kier molecular flexibility index (Phi) is 6.54. The smallest absolute Gasteiger partial charge is 0.404 e. The van der Waals surface area contributed by atoms with Crippen molar-refractivity contribution in [2.24, 2.45) is 52.1 Å². The second-order valence-corrected chi connectivity index (χ2v) is 12.6. The zero-order chi connectivity index (χ0) is 22.4. The molecule has 0 aromatic rings. The summed E-state index contributed by atoms with van der Waals surface area (Å²) in [5.74, 6) is 5.20. The summed E-state index contributed by atoms with van der Waals surface area (Å²) in [4.78, 5) is 11.3. The van der Waals surface area contributed by atoms with Gasteiger partial charge in [-0.2, -0.15) is 0 Å². The molecule has 31 heavy (non-hydrogen) atoms. The van der Waals surface area contributed by atoms with Crippen LogP contribution < -0.4 is 5.73 Å². The maximum atomic E-state index is 11.3. The molecule has 0 heterocycles. The second kappa shape index (κ2) is 8.75. The van der Waals surface area contributed by atoms with Crippen molar-refractivity contribution in [1.82, 2.24) is 0 Å². The van der Waals surface area contributed by atoms with Crippen LogP contribution in [0.1, 0.15) is 105 Å². The van der Waals surface area contributed by atoms with Crippen molar-refractivity contribution in [2.75, 3.05) is 0 Å². The quantitative estimate of drug-likeness (QED) is 0.445. The standard InChI is InChI=1S/C28H47NO2/c1-18(2)7-6-8-19(3)23-11-12-24-22-10-9-20-17-21(31-26(29)30)13-15-27(20,4)25(22)14-16-28(23,24)5/h9,18-19,21-25H,6-8,10-17H2,1-5H3,(H2,29,30)/t19-,21?,22+,23-,24?,25?,27+,28-/m1/s1. The van der Waals surface area contributed by atoms with Crippen molar-refractivity contribution in [3.63, 3.8) is 0 Å². The van der Waals surface area contributed by atoms with Gasteiger partial charge in [-0.25, -0.2) is 4.79 Å². The maximum Gasteiger partial charge on any atom is 0.404 e. The monoisotopic (exact) mass is 429 g/mol. The molecule has 3 nitrogen and oxygen atoms in total. The maximum absolute atomic E-state index is 11.3. The minimum absolute atomic E-state index is 0.00946. The Morgan fingerprint density at radius 1 is 1.10 bits per heavy atom. The van der Waals surface area contributed by atoms with Crippen LogP contribution >= 0.6 is 0 Å². The molecule has 0 aromatic heterocycles. The number of hydrogen-bond acceptors (Lipinski definition) is 2. The Morgan fingerprint density at radius 2 is 1.87 bits per heavy atom. The molecule has 4 rings (SSSR count). The molecule has 1 amide bonds. The fourth-order valence-corrected chi connectivity index (χ4v) is 8.92. The van der Waals surface area contributed by atoms with Gasteiger partial charge in [0, 0.05) is 6.42 Å². The second-order valence-electron chi connectivity index (χ2n) is 12.6. The number of carbonyl (C=O) groups excluding carboxylic acids is 1. The van der Waals surface area contributed by atoms with Gasteiger partial charge < -0.3 is 10.5 Å². The molecule has 0 radical (unpaired) electrons. The molecule has 3 fully saturated rings. The van der Waals surface area contributed by atoms with Gasteiger partial charge in [-0.05, 0) is 91.3 Å². The zero-order valence-electron chi connectivity index (χ0n) is 20.8. The van der Waals surface area contributed by atoms with E-state index in [9.17, 15) is 4.79 Å². The third-order valence-electron chi connectivity index (χ3n) is 10.5. The highest BCUT2D eigenvalue weighted by Crippen LogP contribution is 2.67. The van der Waals surface area contributed by atoms with Crippen LogP contribution in [0, 0.1) is 46.3 Å². The Balaban J connectivity index is 1.47. The molecule has 2 N–H and O–H groups in total. The highest BCUT2D eigenvalue weighted by Gasteiger charge is 2.59. The average Bonchev–Trinajstić information content (AvgIpc) is 3.05. The lowest BCUT2D eigenvalue weighted by molar-refractivity contribution is -0.0578. The normalized spacial score (nSPS) is 42.9. The van der Waals surface area contributed by atoms with Crippen LogP contribution in [-0.4, -0.2) is 12.2 Å². The van der Waals surface area contributed by atoms with E-state index in [4.69, 9.17) is 10.5 Å². The lowest BCUT2D eigenvalue weighted by atomic mass is 9.47. The van der Waals surface area contributed by atoms with Gasteiger partial charge in [-0.3, -0.25) is 0 Å². The number of hydrogen-bond donors (Lipinski definition) is 1. The van der Waals surface area contributed by atoms with Crippen LogP contribution in [-0.2, 0) is 4.74 Å². The lowest BCUT2D eigenvalue weighted by Gasteiger charge is -2.58. The van der Waals surface area contributed by atoms with E-state index >= 15 is 0 Å². The predicted molar refractivity (Wildman–Crippen MR) is 128 cm³/mol.